The number of hydrogen-bond acceptors (Lipinski definition) is 3. The largest absolute Gasteiger partial charge is 4.00 e. The molecule has 0 amide bonds. The van der Waals surface area contributed by atoms with Gasteiger partial charge < -0.3 is 11.1 Å². The number of rotatable bonds is 8. The minimum Gasteiger partial charge on any atom is -0.699 e. The van der Waals surface area contributed by atoms with E-state index in [4.69, 9.17) is 11.1 Å². The van der Waals surface area contributed by atoms with Crippen molar-refractivity contribution < 1.29 is 26.2 Å². The number of nitrogens with one attached hydrogen (secondary N) is 2. The van der Waals surface area contributed by atoms with E-state index in [-0.39, 0.29) is 26.2 Å². The molecular formula is C35H59N4PZr+2. The molecule has 0 spiro atoms. The first-order valence-electron chi connectivity index (χ1n) is 15.8. The summed E-state index contributed by atoms with van der Waals surface area (Å²) in [6, 6.07) is 21.8. The predicted molar refractivity (Wildman–Crippen MR) is 180 cm³/mol. The topological polar surface area (TPSA) is 54.1 Å². The number of hydrogen-bond donors (Lipinski definition) is 1. The van der Waals surface area contributed by atoms with Crippen LogP contribution in [0.25, 0.3) is 5.73 Å². The van der Waals surface area contributed by atoms with Crippen molar-refractivity contribution in [3.05, 3.63) is 72.0 Å². The molecule has 2 fully saturated rings. The molecule has 2 N–H and O–H groups in total. The minimum atomic E-state index is -0.864. The Hall–Kier alpha value is -0.857. The van der Waals surface area contributed by atoms with Gasteiger partial charge in [-0.2, -0.15) is 0 Å². The second-order valence-electron chi connectivity index (χ2n) is 12.0. The summed E-state index contributed by atoms with van der Waals surface area (Å²) in [5.41, 5.74) is 9.18. The molecule has 0 unspecified atom stereocenters. The van der Waals surface area contributed by atoms with Crippen LogP contribution >= 0.6 is 8.22 Å². The zero-order valence-electron chi connectivity index (χ0n) is 27.4. The zero-order valence-corrected chi connectivity index (χ0v) is 30.8. The van der Waals surface area contributed by atoms with E-state index in [0.29, 0.717) is 35.3 Å². The van der Waals surface area contributed by atoms with Gasteiger partial charge in [-0.25, -0.2) is 0 Å². The van der Waals surface area contributed by atoms with Crippen molar-refractivity contribution in [2.24, 2.45) is 0 Å². The van der Waals surface area contributed by atoms with Gasteiger partial charge in [0.25, 0.3) is 0 Å². The second kappa shape index (κ2) is 23.6. The normalized spacial score (nSPS) is 14.4. The molecule has 4 nitrogen and oxygen atoms in total. The first-order chi connectivity index (χ1) is 19.1. The fourth-order valence-electron chi connectivity index (χ4n) is 5.27. The molecule has 0 radical (unpaired) electrons. The zero-order chi connectivity index (χ0) is 29.9. The Balaban J connectivity index is 0.000000705. The van der Waals surface area contributed by atoms with Crippen molar-refractivity contribution in [1.29, 1.82) is 5.41 Å². The summed E-state index contributed by atoms with van der Waals surface area (Å²) in [7, 11) is -0.864. The minimum absolute atomic E-state index is 0. The van der Waals surface area contributed by atoms with Crippen molar-refractivity contribution in [3.63, 3.8) is 0 Å². The van der Waals surface area contributed by atoms with Crippen molar-refractivity contribution in [2.75, 3.05) is 0 Å². The molecule has 41 heavy (non-hydrogen) atoms. The molecular weight excluding hydrogens is 599 g/mol. The van der Waals surface area contributed by atoms with E-state index in [2.05, 4.69) is 70.8 Å². The van der Waals surface area contributed by atoms with Crippen LogP contribution in [0, 0.1) is 11.5 Å². The Labute approximate surface area is 274 Å². The molecule has 4 rings (SSSR count). The Morgan fingerprint density at radius 2 is 0.976 bits per heavy atom. The summed E-state index contributed by atoms with van der Waals surface area (Å²) < 4.78 is 5.00. The SMILES string of the molecule is C1CCCC1.C1CCCC1.CC(C)N(C(C)C)P(C(=N)c1[c-]cccc1)N(C(C)C)C(C)C.[NH-]c1ccccc1.[Zr+4]. The molecule has 6 heteroatoms. The third-order valence-electron chi connectivity index (χ3n) is 6.99. The van der Waals surface area contributed by atoms with Crippen LogP contribution in [-0.2, 0) is 26.2 Å². The molecule has 0 atom stereocenters. The molecule has 2 saturated carbocycles. The van der Waals surface area contributed by atoms with Crippen LogP contribution in [0.15, 0.2) is 54.6 Å². The van der Waals surface area contributed by atoms with Gasteiger partial charge >= 0.3 is 26.2 Å². The summed E-state index contributed by atoms with van der Waals surface area (Å²) in [6.45, 7) is 17.9. The monoisotopic (exact) mass is 656 g/mol. The summed E-state index contributed by atoms with van der Waals surface area (Å²) >= 11 is 0. The molecule has 226 valence electrons. The average molecular weight is 658 g/mol. The van der Waals surface area contributed by atoms with Crippen molar-refractivity contribution >= 4 is 19.4 Å². The van der Waals surface area contributed by atoms with Crippen LogP contribution in [0.3, 0.4) is 0 Å². The second-order valence-corrected chi connectivity index (χ2v) is 13.9. The molecule has 2 aromatic carbocycles. The van der Waals surface area contributed by atoms with Gasteiger partial charge in [0.1, 0.15) is 0 Å². The maximum atomic E-state index is 8.94. The van der Waals surface area contributed by atoms with E-state index in [0.717, 1.165) is 5.56 Å². The van der Waals surface area contributed by atoms with Crippen LogP contribution in [0.4, 0.5) is 5.69 Å². The van der Waals surface area contributed by atoms with Gasteiger partial charge in [0.05, 0.1) is 0 Å². The van der Waals surface area contributed by atoms with Gasteiger partial charge in [-0.3, -0.25) is 9.34 Å². The molecule has 0 saturated heterocycles. The predicted octanol–water partition coefficient (Wildman–Crippen LogP) is 11.6. The maximum absolute atomic E-state index is 8.94. The van der Waals surface area contributed by atoms with E-state index < -0.39 is 8.22 Å². The molecule has 0 bridgehead atoms. The Morgan fingerprint density at radius 1 is 0.634 bits per heavy atom. The smallest absolute Gasteiger partial charge is 0.699 e. The van der Waals surface area contributed by atoms with Crippen molar-refractivity contribution in [2.45, 2.75) is 144 Å². The Bertz CT molecular complexity index is 820. The van der Waals surface area contributed by atoms with Crippen LogP contribution in [-0.4, -0.2) is 39.0 Å². The number of nitrogens with zero attached hydrogens (tertiary/aromatic N) is 2. The van der Waals surface area contributed by atoms with Crippen molar-refractivity contribution in [1.82, 2.24) is 9.34 Å². The molecule has 2 aliphatic rings. The van der Waals surface area contributed by atoms with Gasteiger partial charge in [-0.1, -0.05) is 94.5 Å². The van der Waals surface area contributed by atoms with Crippen LogP contribution in [0.2, 0.25) is 0 Å². The maximum Gasteiger partial charge on any atom is 4.00 e. The molecule has 0 heterocycles. The molecule has 2 aliphatic carbocycles. The van der Waals surface area contributed by atoms with E-state index in [1.807, 2.05) is 42.5 Å². The number of benzene rings is 2. The molecule has 2 aromatic rings. The van der Waals surface area contributed by atoms with Gasteiger partial charge in [-0.05, 0) is 55.4 Å². The summed E-state index contributed by atoms with van der Waals surface area (Å²) in [6.07, 6.45) is 15.0. The quantitative estimate of drug-likeness (QED) is 0.174. The average Bonchev–Trinajstić information content (AvgIpc) is 3.68. The third kappa shape index (κ3) is 16.5. The van der Waals surface area contributed by atoms with E-state index >= 15 is 0 Å². The van der Waals surface area contributed by atoms with Crippen LogP contribution in [0.5, 0.6) is 0 Å². The standard InChI is InChI=1S/C19H33N3P.C6H6N.2C5H10.Zr/c1-14(2)21(15(3)4)23(22(16(5)6)17(7)8)19(20)18-12-10-9-11-13-18;7-6-4-2-1-3-5-6;2*1-2-4-5-3-1;/h9-12,14-17,20H,1-8H3;1-5,7H;2*1-5H2;/q2*-1;;;+4. The Morgan fingerprint density at radius 3 is 1.22 bits per heavy atom. The fourth-order valence-corrected chi connectivity index (χ4v) is 8.08. The molecule has 0 aromatic heterocycles. The van der Waals surface area contributed by atoms with Gasteiger partial charge in [0, 0.05) is 37.8 Å². The first kappa shape index (κ1) is 40.1. The Kier molecular flexibility index (Phi) is 23.1. The summed E-state index contributed by atoms with van der Waals surface area (Å²) in [5.74, 6) is 0. The first-order valence-corrected chi connectivity index (χ1v) is 17.0. The fraction of sp³-hybridized carbons (Fsp3) is 0.629. The van der Waals surface area contributed by atoms with Crippen LogP contribution in [0.1, 0.15) is 125 Å². The van der Waals surface area contributed by atoms with E-state index in [1.165, 1.54) is 64.2 Å². The third-order valence-corrected chi connectivity index (χ3v) is 10.4. The van der Waals surface area contributed by atoms with Gasteiger partial charge in [-0.15, -0.1) is 41.6 Å². The van der Waals surface area contributed by atoms with Gasteiger partial charge in [0.2, 0.25) is 0 Å². The van der Waals surface area contributed by atoms with Crippen molar-refractivity contribution in [3.8, 4) is 0 Å². The molecule has 0 aliphatic heterocycles. The summed E-state index contributed by atoms with van der Waals surface area (Å²) in [5, 5.41) is 8.94. The summed E-state index contributed by atoms with van der Waals surface area (Å²) in [4.78, 5) is 0. The van der Waals surface area contributed by atoms with Gasteiger partial charge in [0.15, 0.2) is 0 Å². The van der Waals surface area contributed by atoms with E-state index in [1.54, 1.807) is 12.1 Å². The van der Waals surface area contributed by atoms with E-state index in [9.17, 15) is 0 Å². The van der Waals surface area contributed by atoms with Crippen LogP contribution < -0.4 is 0 Å².